The normalized spacial score (nSPS) is 15.8. The standard InChI is InChI=1S/C22H22ClN7S/c23-16-3-1-14(2-4-16)20(30-9-7-25-8-10-30)17-12-18(15-5-6-26-19(24)11-15)31-21(17)22-27-13-28-29-22/h1-6,11-13,20,25H,7-10H2,(H2,24,26)(H,27,28,29). The molecule has 0 bridgehead atoms. The number of aromatic amines is 1. The third kappa shape index (κ3) is 4.20. The number of halogens is 1. The van der Waals surface area contributed by atoms with Crippen LogP contribution in [0.5, 0.6) is 0 Å². The van der Waals surface area contributed by atoms with Crippen LogP contribution in [0.15, 0.2) is 55.0 Å². The van der Waals surface area contributed by atoms with E-state index in [9.17, 15) is 0 Å². The summed E-state index contributed by atoms with van der Waals surface area (Å²) >= 11 is 7.88. The van der Waals surface area contributed by atoms with E-state index in [0.29, 0.717) is 5.82 Å². The minimum Gasteiger partial charge on any atom is -0.384 e. The molecule has 1 unspecified atom stereocenters. The molecule has 158 valence electrons. The molecule has 5 rings (SSSR count). The van der Waals surface area contributed by atoms with Crippen molar-refractivity contribution in [1.29, 1.82) is 0 Å². The van der Waals surface area contributed by atoms with Gasteiger partial charge in [0.25, 0.3) is 0 Å². The maximum absolute atomic E-state index is 6.20. The summed E-state index contributed by atoms with van der Waals surface area (Å²) in [5, 5.41) is 11.3. The molecule has 1 aromatic carbocycles. The highest BCUT2D eigenvalue weighted by molar-refractivity contribution is 7.19. The Labute approximate surface area is 189 Å². The molecule has 0 aliphatic carbocycles. The van der Waals surface area contributed by atoms with Crippen LogP contribution in [0.2, 0.25) is 5.02 Å². The Morgan fingerprint density at radius 1 is 1.06 bits per heavy atom. The van der Waals surface area contributed by atoms with Gasteiger partial charge in [-0.1, -0.05) is 23.7 Å². The Kier molecular flexibility index (Phi) is 5.69. The second-order valence-electron chi connectivity index (χ2n) is 7.44. The monoisotopic (exact) mass is 451 g/mol. The van der Waals surface area contributed by atoms with Gasteiger partial charge in [-0.2, -0.15) is 5.10 Å². The number of anilines is 1. The summed E-state index contributed by atoms with van der Waals surface area (Å²) in [6, 6.07) is 14.3. The number of nitrogens with two attached hydrogens (primary N) is 1. The lowest BCUT2D eigenvalue weighted by Gasteiger charge is -2.35. The zero-order valence-corrected chi connectivity index (χ0v) is 18.3. The van der Waals surface area contributed by atoms with Crippen LogP contribution in [0.1, 0.15) is 17.2 Å². The van der Waals surface area contributed by atoms with Crippen molar-refractivity contribution in [2.75, 3.05) is 31.9 Å². The van der Waals surface area contributed by atoms with E-state index in [4.69, 9.17) is 17.3 Å². The Morgan fingerprint density at radius 3 is 2.58 bits per heavy atom. The maximum atomic E-state index is 6.20. The quantitative estimate of drug-likeness (QED) is 0.427. The second kappa shape index (κ2) is 8.76. The number of nitrogens with zero attached hydrogens (tertiary/aromatic N) is 4. The number of hydrogen-bond acceptors (Lipinski definition) is 7. The van der Waals surface area contributed by atoms with Gasteiger partial charge in [-0.3, -0.25) is 10.00 Å². The molecule has 4 heterocycles. The summed E-state index contributed by atoms with van der Waals surface area (Å²) in [6.07, 6.45) is 3.29. The van der Waals surface area contributed by atoms with E-state index in [0.717, 1.165) is 52.3 Å². The predicted octanol–water partition coefficient (Wildman–Crippen LogP) is 3.83. The predicted molar refractivity (Wildman–Crippen MR) is 125 cm³/mol. The first-order valence-electron chi connectivity index (χ1n) is 10.1. The summed E-state index contributed by atoms with van der Waals surface area (Å²) < 4.78 is 0. The minimum absolute atomic E-state index is 0.0728. The third-order valence-corrected chi connectivity index (χ3v) is 6.91. The van der Waals surface area contributed by atoms with Crippen LogP contribution in [0.25, 0.3) is 21.1 Å². The van der Waals surface area contributed by atoms with Crippen LogP contribution in [0.4, 0.5) is 5.82 Å². The molecule has 7 nitrogen and oxygen atoms in total. The number of hydrogen-bond donors (Lipinski definition) is 3. The average Bonchev–Trinajstić information content (AvgIpc) is 3.46. The Morgan fingerprint density at radius 2 is 1.87 bits per heavy atom. The van der Waals surface area contributed by atoms with E-state index >= 15 is 0 Å². The van der Waals surface area contributed by atoms with Crippen LogP contribution in [0.3, 0.4) is 0 Å². The van der Waals surface area contributed by atoms with E-state index in [1.165, 1.54) is 11.1 Å². The Balaban J connectivity index is 1.67. The first-order valence-corrected chi connectivity index (χ1v) is 11.3. The average molecular weight is 452 g/mol. The number of thiophene rings is 1. The topological polar surface area (TPSA) is 95.7 Å². The smallest absolute Gasteiger partial charge is 0.165 e. The fourth-order valence-electron chi connectivity index (χ4n) is 4.02. The van der Waals surface area contributed by atoms with Crippen molar-refractivity contribution in [2.24, 2.45) is 0 Å². The number of nitrogen functional groups attached to an aromatic ring is 1. The highest BCUT2D eigenvalue weighted by Gasteiger charge is 2.29. The molecule has 1 aliphatic rings. The lowest BCUT2D eigenvalue weighted by atomic mass is 9.95. The van der Waals surface area contributed by atoms with Crippen LogP contribution in [0, 0.1) is 0 Å². The molecule has 31 heavy (non-hydrogen) atoms. The number of H-pyrrole nitrogens is 1. The van der Waals surface area contributed by atoms with Crippen LogP contribution >= 0.6 is 22.9 Å². The van der Waals surface area contributed by atoms with Gasteiger partial charge in [0.05, 0.1) is 10.9 Å². The van der Waals surface area contributed by atoms with Gasteiger partial charge < -0.3 is 11.1 Å². The SMILES string of the molecule is Nc1cc(-c2cc(C(c3ccc(Cl)cc3)N3CCNCC3)c(-c3ncn[nH]3)s2)ccn1. The second-order valence-corrected chi connectivity index (χ2v) is 8.93. The molecule has 4 N–H and O–H groups in total. The van der Waals surface area contributed by atoms with Gasteiger partial charge in [0, 0.05) is 42.3 Å². The lowest BCUT2D eigenvalue weighted by molar-refractivity contribution is 0.199. The van der Waals surface area contributed by atoms with E-state index in [1.54, 1.807) is 23.9 Å². The highest BCUT2D eigenvalue weighted by Crippen LogP contribution is 2.43. The largest absolute Gasteiger partial charge is 0.384 e. The molecule has 0 spiro atoms. The van der Waals surface area contributed by atoms with Gasteiger partial charge in [0.1, 0.15) is 12.1 Å². The van der Waals surface area contributed by atoms with Crippen LogP contribution < -0.4 is 11.1 Å². The number of nitrogens with one attached hydrogen (secondary N) is 2. The van der Waals surface area contributed by atoms with Crippen LogP contribution in [-0.4, -0.2) is 51.2 Å². The van der Waals surface area contributed by atoms with Crippen molar-refractivity contribution in [1.82, 2.24) is 30.4 Å². The lowest BCUT2D eigenvalue weighted by Crippen LogP contribution is -2.45. The van der Waals surface area contributed by atoms with E-state index in [2.05, 4.69) is 48.6 Å². The fourth-order valence-corrected chi connectivity index (χ4v) is 5.28. The van der Waals surface area contributed by atoms with E-state index < -0.39 is 0 Å². The first kappa shape index (κ1) is 20.1. The van der Waals surface area contributed by atoms with E-state index in [-0.39, 0.29) is 6.04 Å². The summed E-state index contributed by atoms with van der Waals surface area (Å²) in [5.74, 6) is 1.27. The zero-order valence-electron chi connectivity index (χ0n) is 16.8. The molecule has 3 aromatic heterocycles. The molecule has 1 atom stereocenters. The van der Waals surface area contributed by atoms with Gasteiger partial charge in [-0.15, -0.1) is 11.3 Å². The molecule has 0 amide bonds. The number of pyridine rings is 1. The van der Waals surface area contributed by atoms with Crippen molar-refractivity contribution in [3.63, 3.8) is 0 Å². The van der Waals surface area contributed by atoms with Gasteiger partial charge >= 0.3 is 0 Å². The van der Waals surface area contributed by atoms with Gasteiger partial charge in [0.15, 0.2) is 5.82 Å². The molecule has 9 heteroatoms. The fraction of sp³-hybridized carbons (Fsp3) is 0.227. The maximum Gasteiger partial charge on any atom is 0.165 e. The minimum atomic E-state index is 0.0728. The summed E-state index contributed by atoms with van der Waals surface area (Å²) in [7, 11) is 0. The zero-order chi connectivity index (χ0) is 21.2. The molecule has 0 saturated carbocycles. The molecule has 1 fully saturated rings. The van der Waals surface area contributed by atoms with Crippen molar-refractivity contribution in [2.45, 2.75) is 6.04 Å². The Bertz CT molecular complexity index is 1150. The third-order valence-electron chi connectivity index (χ3n) is 5.45. The summed E-state index contributed by atoms with van der Waals surface area (Å²) in [5.41, 5.74) is 9.39. The van der Waals surface area contributed by atoms with Gasteiger partial charge in [-0.25, -0.2) is 9.97 Å². The van der Waals surface area contributed by atoms with Crippen molar-refractivity contribution in [3.05, 3.63) is 71.1 Å². The number of rotatable bonds is 5. The molecule has 4 aromatic rings. The molecular formula is C22H22ClN7S. The highest BCUT2D eigenvalue weighted by atomic mass is 35.5. The first-order chi connectivity index (χ1) is 15.2. The van der Waals surface area contributed by atoms with Crippen molar-refractivity contribution >= 4 is 28.8 Å². The number of aromatic nitrogens is 4. The Hall–Kier alpha value is -2.78. The summed E-state index contributed by atoms with van der Waals surface area (Å²) in [4.78, 5) is 13.3. The number of piperazine rings is 1. The van der Waals surface area contributed by atoms with Crippen molar-refractivity contribution < 1.29 is 0 Å². The molecule has 0 radical (unpaired) electrons. The van der Waals surface area contributed by atoms with Crippen molar-refractivity contribution in [3.8, 4) is 21.1 Å². The van der Waals surface area contributed by atoms with E-state index in [1.807, 2.05) is 24.3 Å². The summed E-state index contributed by atoms with van der Waals surface area (Å²) in [6.45, 7) is 3.83. The molecule has 1 aliphatic heterocycles. The molecule has 1 saturated heterocycles. The molecular weight excluding hydrogens is 430 g/mol. The van der Waals surface area contributed by atoms with Crippen LogP contribution in [-0.2, 0) is 0 Å². The van der Waals surface area contributed by atoms with Gasteiger partial charge in [0.2, 0.25) is 0 Å². The van der Waals surface area contributed by atoms with Gasteiger partial charge in [-0.05, 0) is 47.0 Å². The number of benzene rings is 1.